The molecule has 0 saturated carbocycles. The summed E-state index contributed by atoms with van der Waals surface area (Å²) >= 11 is 0.789. The highest BCUT2D eigenvalue weighted by Gasteiger charge is 2.36. The van der Waals surface area contributed by atoms with Gasteiger partial charge in [0.2, 0.25) is 5.91 Å². The molecule has 0 bridgehead atoms. The number of carbonyl (C=O) groups is 4. The quantitative estimate of drug-likeness (QED) is 0.532. The van der Waals surface area contributed by atoms with Crippen molar-refractivity contribution in [2.24, 2.45) is 0 Å². The zero-order valence-electron chi connectivity index (χ0n) is 19.3. The molecule has 8 nitrogen and oxygen atoms in total. The van der Waals surface area contributed by atoms with Crippen molar-refractivity contribution in [3.63, 3.8) is 0 Å². The number of aryl methyl sites for hydroxylation is 2. The van der Waals surface area contributed by atoms with E-state index in [-0.39, 0.29) is 17.0 Å². The number of anilines is 1. The van der Waals surface area contributed by atoms with Crippen molar-refractivity contribution in [3.8, 4) is 5.69 Å². The van der Waals surface area contributed by atoms with Gasteiger partial charge in [0.15, 0.2) is 0 Å². The van der Waals surface area contributed by atoms with E-state index in [1.807, 2.05) is 43.5 Å². The molecule has 2 heterocycles. The average Bonchev–Trinajstić information content (AvgIpc) is 3.24. The first kappa shape index (κ1) is 24.0. The second kappa shape index (κ2) is 9.63. The predicted molar refractivity (Wildman–Crippen MR) is 132 cm³/mol. The largest absolute Gasteiger partial charge is 0.545 e. The van der Waals surface area contributed by atoms with Crippen LogP contribution in [0.5, 0.6) is 0 Å². The zero-order chi connectivity index (χ0) is 25.3. The fourth-order valence-corrected chi connectivity index (χ4v) is 4.67. The average molecular weight is 489 g/mol. The fraction of sp³-hybridized carbons (Fsp3) is 0.154. The minimum absolute atomic E-state index is 0.0801. The number of thioether (sulfide) groups is 1. The summed E-state index contributed by atoms with van der Waals surface area (Å²) in [6.45, 7) is 5.31. The van der Waals surface area contributed by atoms with E-state index in [0.717, 1.165) is 44.9 Å². The maximum absolute atomic E-state index is 12.9. The van der Waals surface area contributed by atoms with Gasteiger partial charge in [-0.25, -0.2) is 0 Å². The van der Waals surface area contributed by atoms with E-state index in [1.54, 1.807) is 30.3 Å². The molecule has 1 aliphatic heterocycles. The van der Waals surface area contributed by atoms with Crippen LogP contribution < -0.4 is 10.4 Å². The Morgan fingerprint density at radius 2 is 1.66 bits per heavy atom. The predicted octanol–water partition coefficient (Wildman–Crippen LogP) is 3.44. The van der Waals surface area contributed by atoms with Crippen molar-refractivity contribution in [2.75, 3.05) is 11.9 Å². The van der Waals surface area contributed by atoms with Crippen molar-refractivity contribution in [1.82, 2.24) is 9.47 Å². The summed E-state index contributed by atoms with van der Waals surface area (Å²) in [6.07, 6.45) is 1.64. The first-order chi connectivity index (χ1) is 16.6. The number of hydrogen-bond acceptors (Lipinski definition) is 6. The Morgan fingerprint density at radius 3 is 2.29 bits per heavy atom. The van der Waals surface area contributed by atoms with E-state index in [4.69, 9.17) is 0 Å². The lowest BCUT2D eigenvalue weighted by molar-refractivity contribution is -0.255. The highest BCUT2D eigenvalue weighted by Crippen LogP contribution is 2.33. The Kier molecular flexibility index (Phi) is 6.61. The van der Waals surface area contributed by atoms with E-state index < -0.39 is 23.0 Å². The number of nitrogens with one attached hydrogen (secondary N) is 1. The SMILES string of the molecule is Cc1ccc(NC(=O)CN2C(=O)S/C(=C\c3cc(C)n(-c4ccc(C(=O)[O-])cc4)c3C)C2=O)cc1. The van der Waals surface area contributed by atoms with Crippen LogP contribution in [0.3, 0.4) is 0 Å². The first-order valence-electron chi connectivity index (χ1n) is 10.8. The molecule has 1 aliphatic rings. The van der Waals surface area contributed by atoms with Gasteiger partial charge < -0.3 is 19.8 Å². The number of carboxylic acid groups (broad SMARTS) is 1. The molecule has 0 radical (unpaired) electrons. The van der Waals surface area contributed by atoms with Gasteiger partial charge in [-0.3, -0.25) is 19.3 Å². The number of rotatable bonds is 6. The van der Waals surface area contributed by atoms with Gasteiger partial charge in [0.25, 0.3) is 11.1 Å². The van der Waals surface area contributed by atoms with Gasteiger partial charge >= 0.3 is 0 Å². The minimum atomic E-state index is -1.25. The molecule has 0 spiro atoms. The minimum Gasteiger partial charge on any atom is -0.545 e. The van der Waals surface area contributed by atoms with E-state index in [0.29, 0.717) is 5.69 Å². The first-order valence-corrected chi connectivity index (χ1v) is 11.6. The van der Waals surface area contributed by atoms with Crippen molar-refractivity contribution < 1.29 is 24.3 Å². The van der Waals surface area contributed by atoms with Crippen LogP contribution in [0.25, 0.3) is 11.8 Å². The Bertz CT molecular complexity index is 1370. The summed E-state index contributed by atoms with van der Waals surface area (Å²) in [5, 5.41) is 13.2. The summed E-state index contributed by atoms with van der Waals surface area (Å²) in [4.78, 5) is 49.9. The molecule has 0 aliphatic carbocycles. The number of benzene rings is 2. The van der Waals surface area contributed by atoms with Gasteiger partial charge in [-0.2, -0.15) is 0 Å². The van der Waals surface area contributed by atoms with E-state index in [2.05, 4.69) is 5.32 Å². The second-order valence-electron chi connectivity index (χ2n) is 8.18. The highest BCUT2D eigenvalue weighted by atomic mass is 32.2. The van der Waals surface area contributed by atoms with Crippen molar-refractivity contribution in [2.45, 2.75) is 20.8 Å². The van der Waals surface area contributed by atoms with E-state index >= 15 is 0 Å². The molecule has 178 valence electrons. The van der Waals surface area contributed by atoms with Gasteiger partial charge in [-0.05, 0) is 80.1 Å². The second-order valence-corrected chi connectivity index (χ2v) is 9.17. The molecular weight excluding hydrogens is 466 g/mol. The van der Waals surface area contributed by atoms with Crippen molar-refractivity contribution >= 4 is 46.5 Å². The lowest BCUT2D eigenvalue weighted by atomic mass is 10.2. The van der Waals surface area contributed by atoms with E-state index in [1.165, 1.54) is 12.1 Å². The number of carboxylic acids is 1. The van der Waals surface area contributed by atoms with Gasteiger partial charge in [-0.1, -0.05) is 29.8 Å². The van der Waals surface area contributed by atoms with Crippen LogP contribution >= 0.6 is 11.8 Å². The van der Waals surface area contributed by atoms with Crippen LogP contribution in [0, 0.1) is 20.8 Å². The van der Waals surface area contributed by atoms with Crippen LogP contribution in [-0.4, -0.2) is 39.0 Å². The molecule has 1 saturated heterocycles. The number of nitrogens with zero attached hydrogens (tertiary/aromatic N) is 2. The lowest BCUT2D eigenvalue weighted by Crippen LogP contribution is -2.36. The van der Waals surface area contributed by atoms with Crippen LogP contribution in [0.4, 0.5) is 10.5 Å². The number of imide groups is 1. The molecule has 1 fully saturated rings. The number of amides is 3. The lowest BCUT2D eigenvalue weighted by Gasteiger charge is -2.12. The number of aromatic nitrogens is 1. The number of hydrogen-bond donors (Lipinski definition) is 1. The van der Waals surface area contributed by atoms with Crippen LogP contribution in [0.2, 0.25) is 0 Å². The molecule has 3 amide bonds. The third kappa shape index (κ3) is 5.04. The Hall–Kier alpha value is -4.11. The zero-order valence-corrected chi connectivity index (χ0v) is 20.1. The number of carbonyl (C=O) groups excluding carboxylic acids is 4. The van der Waals surface area contributed by atoms with E-state index in [9.17, 15) is 24.3 Å². The Balaban J connectivity index is 1.52. The normalized spacial score (nSPS) is 14.6. The summed E-state index contributed by atoms with van der Waals surface area (Å²) in [7, 11) is 0. The molecule has 1 aromatic heterocycles. The molecule has 2 aromatic carbocycles. The maximum atomic E-state index is 12.9. The third-order valence-corrected chi connectivity index (χ3v) is 6.54. The Morgan fingerprint density at radius 1 is 1.00 bits per heavy atom. The van der Waals surface area contributed by atoms with Crippen LogP contribution in [0.15, 0.2) is 59.5 Å². The molecule has 1 N–H and O–H groups in total. The molecule has 4 rings (SSSR count). The van der Waals surface area contributed by atoms with Gasteiger partial charge in [0.1, 0.15) is 6.54 Å². The molecule has 0 unspecified atom stereocenters. The topological polar surface area (TPSA) is 112 Å². The van der Waals surface area contributed by atoms with Gasteiger partial charge in [0.05, 0.1) is 10.9 Å². The summed E-state index contributed by atoms with van der Waals surface area (Å²) in [5.41, 5.74) is 4.89. The van der Waals surface area contributed by atoms with Crippen molar-refractivity contribution in [1.29, 1.82) is 0 Å². The smallest absolute Gasteiger partial charge is 0.294 e. The molecular formula is C26H22N3O5S-. The van der Waals surface area contributed by atoms with Gasteiger partial charge in [0, 0.05) is 22.8 Å². The molecule has 3 aromatic rings. The highest BCUT2D eigenvalue weighted by molar-refractivity contribution is 8.18. The number of aromatic carboxylic acids is 1. The maximum Gasteiger partial charge on any atom is 0.294 e. The van der Waals surface area contributed by atoms with Crippen molar-refractivity contribution in [3.05, 3.63) is 87.6 Å². The van der Waals surface area contributed by atoms with Crippen LogP contribution in [-0.2, 0) is 9.59 Å². The molecule has 0 atom stereocenters. The summed E-state index contributed by atoms with van der Waals surface area (Å²) < 4.78 is 1.92. The molecule has 9 heteroatoms. The van der Waals surface area contributed by atoms with Gasteiger partial charge in [-0.15, -0.1) is 0 Å². The summed E-state index contributed by atoms with van der Waals surface area (Å²) in [5.74, 6) is -2.24. The Labute approximate surface area is 206 Å². The van der Waals surface area contributed by atoms with Crippen LogP contribution in [0.1, 0.15) is 32.9 Å². The fourth-order valence-electron chi connectivity index (χ4n) is 3.84. The summed E-state index contributed by atoms with van der Waals surface area (Å²) in [6, 6.07) is 15.4. The standard InChI is InChI=1S/C26H23N3O5S/c1-15-4-8-20(9-5-15)27-23(30)14-28-24(31)22(35-26(28)34)13-19-12-16(2)29(17(19)3)21-10-6-18(7-11-21)25(32)33/h4-13H,14H2,1-3H3,(H,27,30)(H,32,33)/p-1/b22-13-. The third-order valence-electron chi connectivity index (χ3n) is 5.63. The molecule has 35 heavy (non-hydrogen) atoms. The monoisotopic (exact) mass is 488 g/mol.